The smallest absolute Gasteiger partial charge is 0.186 e. The molecular weight excluding hydrogens is 632 g/mol. The fraction of sp³-hybridized carbons (Fsp3) is 0.429. The number of hydrogen-bond acceptors (Lipinski definition) is 8. The zero-order valence-corrected chi connectivity index (χ0v) is 29.3. The van der Waals surface area contributed by atoms with Crippen molar-refractivity contribution in [3.63, 3.8) is 0 Å². The molecule has 6 rings (SSSR count). The van der Waals surface area contributed by atoms with Gasteiger partial charge in [0.05, 0.1) is 51.8 Å². The molecule has 4 aromatic rings. The molecule has 7 unspecified atom stereocenters. The van der Waals surface area contributed by atoms with E-state index in [4.69, 9.17) is 37.9 Å². The van der Waals surface area contributed by atoms with Gasteiger partial charge in [0.1, 0.15) is 24.4 Å². The van der Waals surface area contributed by atoms with Crippen LogP contribution in [0.5, 0.6) is 0 Å². The molecule has 4 aromatic carbocycles. The Morgan fingerprint density at radius 3 is 1.46 bits per heavy atom. The third kappa shape index (κ3) is 10.5. The molecule has 0 aliphatic carbocycles. The molecule has 0 aromatic heterocycles. The zero-order valence-electron chi connectivity index (χ0n) is 29.3. The van der Waals surface area contributed by atoms with Crippen molar-refractivity contribution in [2.45, 2.75) is 102 Å². The summed E-state index contributed by atoms with van der Waals surface area (Å²) in [5.74, 6) is -0.631. The summed E-state index contributed by atoms with van der Waals surface area (Å²) in [4.78, 5) is 0. The highest BCUT2D eigenvalue weighted by Crippen LogP contribution is 2.33. The van der Waals surface area contributed by atoms with Crippen molar-refractivity contribution in [2.75, 3.05) is 13.2 Å². The first-order chi connectivity index (χ1) is 24.4. The first-order valence-corrected chi connectivity index (χ1v) is 17.6. The minimum absolute atomic E-state index is 0.0529. The number of rotatable bonds is 17. The third-order valence-corrected chi connectivity index (χ3v) is 8.95. The number of benzene rings is 4. The van der Waals surface area contributed by atoms with E-state index >= 15 is 0 Å². The Balaban J connectivity index is 1.26. The van der Waals surface area contributed by atoms with Gasteiger partial charge in [-0.15, -0.1) is 0 Å². The molecule has 0 amide bonds. The summed E-state index contributed by atoms with van der Waals surface area (Å²) in [7, 11) is 0. The number of hydrogen-bond donors (Lipinski definition) is 0. The van der Waals surface area contributed by atoms with Crippen LogP contribution in [0.25, 0.3) is 0 Å². The lowest BCUT2D eigenvalue weighted by atomic mass is 9.97. The van der Waals surface area contributed by atoms with E-state index in [1.165, 1.54) is 0 Å². The van der Waals surface area contributed by atoms with Gasteiger partial charge in [-0.05, 0) is 49.4 Å². The second-order valence-corrected chi connectivity index (χ2v) is 13.4. The van der Waals surface area contributed by atoms with Crippen LogP contribution >= 0.6 is 0 Å². The van der Waals surface area contributed by atoms with E-state index in [1.807, 2.05) is 118 Å². The van der Waals surface area contributed by atoms with Crippen LogP contribution in [0.2, 0.25) is 0 Å². The monoisotopic (exact) mass is 682 g/mol. The minimum atomic E-state index is -0.757. The van der Waals surface area contributed by atoms with E-state index in [1.54, 1.807) is 0 Å². The van der Waals surface area contributed by atoms with Gasteiger partial charge in [0.2, 0.25) is 0 Å². The molecule has 0 spiro atoms. The van der Waals surface area contributed by atoms with Crippen LogP contribution in [0.4, 0.5) is 0 Å². The maximum absolute atomic E-state index is 6.81. The zero-order chi connectivity index (χ0) is 34.6. The van der Waals surface area contributed by atoms with Gasteiger partial charge >= 0.3 is 0 Å². The molecule has 0 bridgehead atoms. The number of ether oxygens (including phenoxy) is 8. The van der Waals surface area contributed by atoms with Gasteiger partial charge in [-0.3, -0.25) is 0 Å². The maximum atomic E-state index is 6.81. The Bertz CT molecular complexity index is 1520. The van der Waals surface area contributed by atoms with Crippen molar-refractivity contribution >= 4 is 0 Å². The fourth-order valence-corrected chi connectivity index (χ4v) is 6.49. The highest BCUT2D eigenvalue weighted by Gasteiger charge is 2.49. The molecule has 266 valence electrons. The minimum Gasteiger partial charge on any atom is -0.374 e. The normalized spacial score (nSPS) is 26.2. The first-order valence-electron chi connectivity index (χ1n) is 17.6. The van der Waals surface area contributed by atoms with Gasteiger partial charge in [0.25, 0.3) is 0 Å². The Kier molecular flexibility index (Phi) is 13.2. The van der Waals surface area contributed by atoms with E-state index in [2.05, 4.69) is 24.3 Å². The lowest BCUT2D eigenvalue weighted by Gasteiger charge is -2.46. The Labute approximate surface area is 296 Å². The van der Waals surface area contributed by atoms with Crippen molar-refractivity contribution in [3.05, 3.63) is 144 Å². The lowest BCUT2D eigenvalue weighted by Crippen LogP contribution is -2.61. The molecule has 8 nitrogen and oxygen atoms in total. The van der Waals surface area contributed by atoms with Crippen molar-refractivity contribution in [1.29, 1.82) is 0 Å². The van der Waals surface area contributed by atoms with E-state index in [0.29, 0.717) is 39.5 Å². The maximum Gasteiger partial charge on any atom is 0.186 e. The summed E-state index contributed by atoms with van der Waals surface area (Å²) in [5, 5.41) is 0. The second-order valence-electron chi connectivity index (χ2n) is 13.4. The van der Waals surface area contributed by atoms with Gasteiger partial charge in [-0.25, -0.2) is 0 Å². The molecule has 8 heteroatoms. The van der Waals surface area contributed by atoms with Crippen molar-refractivity contribution in [1.82, 2.24) is 0 Å². The molecule has 0 saturated carbocycles. The molecule has 2 aliphatic heterocycles. The SMILES string of the molecule is CC1OC(C)(C)OC1CCOC1OC(COCc2ccccc2)C(OCc2ccccc2)C(OCc2ccccc2)C1OCc1ccccc1. The Hall–Kier alpha value is -3.44. The summed E-state index contributed by atoms with van der Waals surface area (Å²) in [6.45, 7) is 8.09. The summed E-state index contributed by atoms with van der Waals surface area (Å²) in [5.41, 5.74) is 4.21. The van der Waals surface area contributed by atoms with Crippen molar-refractivity contribution < 1.29 is 37.9 Å². The molecule has 7 atom stereocenters. The highest BCUT2D eigenvalue weighted by molar-refractivity contribution is 5.16. The lowest BCUT2D eigenvalue weighted by molar-refractivity contribution is -0.329. The molecule has 50 heavy (non-hydrogen) atoms. The standard InChI is InChI=1S/C42H50O8/c1-31-36(50-42(2,3)49-31)24-25-44-41-40(47-29-35-22-14-7-15-23-35)39(46-28-34-20-12-6-13-21-34)38(45-27-33-18-10-5-11-19-33)37(48-41)30-43-26-32-16-8-4-9-17-32/h4-23,31,36-41H,24-30H2,1-3H3. The van der Waals surface area contributed by atoms with Crippen molar-refractivity contribution in [2.24, 2.45) is 0 Å². The summed E-state index contributed by atoms with van der Waals surface area (Å²) >= 11 is 0. The van der Waals surface area contributed by atoms with E-state index in [-0.39, 0.29) is 18.8 Å². The van der Waals surface area contributed by atoms with Crippen molar-refractivity contribution in [3.8, 4) is 0 Å². The molecule has 2 heterocycles. The van der Waals surface area contributed by atoms with Gasteiger partial charge in [-0.1, -0.05) is 121 Å². The second kappa shape index (κ2) is 18.2. The van der Waals surface area contributed by atoms with Crippen LogP contribution in [0.15, 0.2) is 121 Å². The van der Waals surface area contributed by atoms with Crippen LogP contribution in [0.1, 0.15) is 49.4 Å². The molecule has 0 radical (unpaired) electrons. The summed E-state index contributed by atoms with van der Waals surface area (Å²) < 4.78 is 52.1. The molecule has 2 fully saturated rings. The molecule has 0 N–H and O–H groups in total. The van der Waals surface area contributed by atoms with Crippen LogP contribution in [-0.4, -0.2) is 61.9 Å². The molecular formula is C42H50O8. The predicted molar refractivity (Wildman–Crippen MR) is 190 cm³/mol. The fourth-order valence-electron chi connectivity index (χ4n) is 6.49. The third-order valence-electron chi connectivity index (χ3n) is 8.95. The van der Waals surface area contributed by atoms with Crippen LogP contribution in [0, 0.1) is 0 Å². The van der Waals surface area contributed by atoms with Crippen LogP contribution < -0.4 is 0 Å². The average molecular weight is 683 g/mol. The van der Waals surface area contributed by atoms with E-state index < -0.39 is 36.5 Å². The first kappa shape index (κ1) is 36.4. The van der Waals surface area contributed by atoms with E-state index in [9.17, 15) is 0 Å². The molecule has 2 saturated heterocycles. The topological polar surface area (TPSA) is 73.8 Å². The quantitative estimate of drug-likeness (QED) is 0.113. The van der Waals surface area contributed by atoms with Gasteiger partial charge in [0, 0.05) is 0 Å². The van der Waals surface area contributed by atoms with Crippen LogP contribution in [0.3, 0.4) is 0 Å². The predicted octanol–water partition coefficient (Wildman–Crippen LogP) is 7.63. The van der Waals surface area contributed by atoms with Gasteiger partial charge in [-0.2, -0.15) is 0 Å². The average Bonchev–Trinajstić information content (AvgIpc) is 3.41. The Morgan fingerprint density at radius 2 is 0.980 bits per heavy atom. The van der Waals surface area contributed by atoms with Crippen LogP contribution in [-0.2, 0) is 64.3 Å². The largest absolute Gasteiger partial charge is 0.374 e. The van der Waals surface area contributed by atoms with Gasteiger partial charge < -0.3 is 37.9 Å². The molecule has 2 aliphatic rings. The summed E-state index contributed by atoms with van der Waals surface area (Å²) in [6.07, 6.45) is -2.47. The Morgan fingerprint density at radius 1 is 0.520 bits per heavy atom. The van der Waals surface area contributed by atoms with Gasteiger partial charge in [0.15, 0.2) is 12.1 Å². The highest BCUT2D eigenvalue weighted by atomic mass is 16.8. The van der Waals surface area contributed by atoms with E-state index in [0.717, 1.165) is 22.3 Å². The summed E-state index contributed by atoms with van der Waals surface area (Å²) in [6, 6.07) is 40.5.